The highest BCUT2D eigenvalue weighted by Gasteiger charge is 2.37. The lowest BCUT2D eigenvalue weighted by Crippen LogP contribution is -2.46. The van der Waals surface area contributed by atoms with Gasteiger partial charge in [0, 0.05) is 22.3 Å². The SMILES string of the molecule is Cc1ccc(N(C(=O)c2nnsc2C)C(C(=O)NC(C)C)c2ccccc2O)cc1Cl. The van der Waals surface area contributed by atoms with Crippen molar-refractivity contribution >= 4 is 40.6 Å². The van der Waals surface area contributed by atoms with Gasteiger partial charge in [0.05, 0.1) is 4.88 Å². The predicted octanol–water partition coefficient (Wildman–Crippen LogP) is 4.43. The molecule has 162 valence electrons. The highest BCUT2D eigenvalue weighted by atomic mass is 35.5. The number of phenolic OH excluding ortho intramolecular Hbond substituents is 1. The first-order chi connectivity index (χ1) is 14.7. The molecule has 0 radical (unpaired) electrons. The Bertz CT molecular complexity index is 1120. The van der Waals surface area contributed by atoms with Crippen LogP contribution in [0.15, 0.2) is 42.5 Å². The maximum atomic E-state index is 13.7. The first kappa shape index (κ1) is 22.7. The first-order valence-corrected chi connectivity index (χ1v) is 10.8. The molecule has 0 bridgehead atoms. The van der Waals surface area contributed by atoms with Gasteiger partial charge in [-0.05, 0) is 63.0 Å². The van der Waals surface area contributed by atoms with Crippen LogP contribution in [0.5, 0.6) is 5.75 Å². The molecule has 1 unspecified atom stereocenters. The maximum absolute atomic E-state index is 13.7. The molecule has 2 amide bonds. The summed E-state index contributed by atoms with van der Waals surface area (Å²) in [4.78, 5) is 28.9. The minimum atomic E-state index is -1.16. The van der Waals surface area contributed by atoms with Gasteiger partial charge < -0.3 is 10.4 Å². The first-order valence-electron chi connectivity index (χ1n) is 9.67. The largest absolute Gasteiger partial charge is 0.508 e. The minimum absolute atomic E-state index is 0.101. The number of hydrogen-bond donors (Lipinski definition) is 2. The normalized spacial score (nSPS) is 11.9. The number of carbonyl (C=O) groups excluding carboxylic acids is 2. The zero-order chi connectivity index (χ0) is 22.7. The van der Waals surface area contributed by atoms with Crippen molar-refractivity contribution in [1.82, 2.24) is 14.9 Å². The Hall–Kier alpha value is -2.97. The molecule has 0 aliphatic carbocycles. The third-order valence-electron chi connectivity index (χ3n) is 4.68. The number of aryl methyl sites for hydroxylation is 2. The van der Waals surface area contributed by atoms with E-state index >= 15 is 0 Å². The topological polar surface area (TPSA) is 95.4 Å². The summed E-state index contributed by atoms with van der Waals surface area (Å²) in [6.45, 7) is 7.23. The molecule has 1 atom stereocenters. The molecule has 0 aliphatic rings. The van der Waals surface area contributed by atoms with Crippen LogP contribution in [-0.4, -0.2) is 32.5 Å². The number of halogens is 1. The molecule has 1 aromatic heterocycles. The highest BCUT2D eigenvalue weighted by molar-refractivity contribution is 7.05. The number of amides is 2. The molecule has 0 spiro atoms. The lowest BCUT2D eigenvalue weighted by Gasteiger charge is -2.32. The van der Waals surface area contributed by atoms with E-state index in [2.05, 4.69) is 14.9 Å². The summed E-state index contributed by atoms with van der Waals surface area (Å²) in [5, 5.41) is 17.8. The van der Waals surface area contributed by atoms with Crippen molar-refractivity contribution in [2.45, 2.75) is 39.8 Å². The number of aromatic hydroxyl groups is 1. The highest BCUT2D eigenvalue weighted by Crippen LogP contribution is 2.36. The van der Waals surface area contributed by atoms with Crippen molar-refractivity contribution in [3.8, 4) is 5.75 Å². The van der Waals surface area contributed by atoms with Gasteiger partial charge in [-0.25, -0.2) is 0 Å². The van der Waals surface area contributed by atoms with E-state index in [1.54, 1.807) is 43.3 Å². The molecular formula is C22H23ClN4O3S. The van der Waals surface area contributed by atoms with E-state index in [1.165, 1.54) is 11.0 Å². The van der Waals surface area contributed by atoms with Crippen LogP contribution in [0.3, 0.4) is 0 Å². The second-order valence-electron chi connectivity index (χ2n) is 7.41. The van der Waals surface area contributed by atoms with Gasteiger partial charge in [-0.3, -0.25) is 14.5 Å². The summed E-state index contributed by atoms with van der Waals surface area (Å²) in [5.41, 5.74) is 1.65. The summed E-state index contributed by atoms with van der Waals surface area (Å²) in [6, 6.07) is 10.2. The van der Waals surface area contributed by atoms with E-state index in [4.69, 9.17) is 11.6 Å². The van der Waals surface area contributed by atoms with E-state index < -0.39 is 17.9 Å². The van der Waals surface area contributed by atoms with Crippen LogP contribution in [0.2, 0.25) is 5.02 Å². The van der Waals surface area contributed by atoms with Gasteiger partial charge in [-0.2, -0.15) is 0 Å². The fourth-order valence-electron chi connectivity index (χ4n) is 3.14. The van der Waals surface area contributed by atoms with E-state index in [9.17, 15) is 14.7 Å². The van der Waals surface area contributed by atoms with Gasteiger partial charge >= 0.3 is 0 Å². The Morgan fingerprint density at radius 2 is 1.87 bits per heavy atom. The van der Waals surface area contributed by atoms with Gasteiger partial charge in [0.25, 0.3) is 5.91 Å². The summed E-state index contributed by atoms with van der Waals surface area (Å²) >= 11 is 7.45. The molecule has 9 heteroatoms. The molecular weight excluding hydrogens is 436 g/mol. The number of phenols is 1. The second-order valence-corrected chi connectivity index (χ2v) is 8.78. The molecule has 2 aromatic carbocycles. The summed E-state index contributed by atoms with van der Waals surface area (Å²) in [6.07, 6.45) is 0. The number of aromatic nitrogens is 2. The molecule has 1 heterocycles. The Kier molecular flexibility index (Phi) is 6.92. The van der Waals surface area contributed by atoms with Crippen LogP contribution in [0, 0.1) is 13.8 Å². The Morgan fingerprint density at radius 1 is 1.16 bits per heavy atom. The number of carbonyl (C=O) groups is 2. The number of rotatable bonds is 6. The minimum Gasteiger partial charge on any atom is -0.508 e. The number of hydrogen-bond acceptors (Lipinski definition) is 6. The smallest absolute Gasteiger partial charge is 0.281 e. The zero-order valence-electron chi connectivity index (χ0n) is 17.6. The van der Waals surface area contributed by atoms with Crippen molar-refractivity contribution in [2.24, 2.45) is 0 Å². The van der Waals surface area contributed by atoms with Crippen molar-refractivity contribution < 1.29 is 14.7 Å². The summed E-state index contributed by atoms with van der Waals surface area (Å²) in [5.74, 6) is -1.06. The van der Waals surface area contributed by atoms with Crippen LogP contribution < -0.4 is 10.2 Å². The number of nitrogens with one attached hydrogen (secondary N) is 1. The van der Waals surface area contributed by atoms with Crippen molar-refractivity contribution in [1.29, 1.82) is 0 Å². The van der Waals surface area contributed by atoms with Gasteiger partial charge in [0.15, 0.2) is 5.69 Å². The molecule has 0 fully saturated rings. The Morgan fingerprint density at radius 3 is 2.45 bits per heavy atom. The second kappa shape index (κ2) is 9.45. The van der Waals surface area contributed by atoms with Crippen LogP contribution >= 0.6 is 23.1 Å². The van der Waals surface area contributed by atoms with Crippen molar-refractivity contribution in [2.75, 3.05) is 4.90 Å². The van der Waals surface area contributed by atoms with Crippen LogP contribution in [0.4, 0.5) is 5.69 Å². The van der Waals surface area contributed by atoms with Gasteiger partial charge in [0.2, 0.25) is 5.91 Å². The zero-order valence-corrected chi connectivity index (χ0v) is 19.2. The molecule has 0 saturated carbocycles. The number of anilines is 1. The maximum Gasteiger partial charge on any atom is 0.281 e. The predicted molar refractivity (Wildman–Crippen MR) is 122 cm³/mol. The van der Waals surface area contributed by atoms with E-state index in [0.717, 1.165) is 17.1 Å². The molecule has 0 saturated heterocycles. The quantitative estimate of drug-likeness (QED) is 0.569. The fraction of sp³-hybridized carbons (Fsp3) is 0.273. The molecule has 7 nitrogen and oxygen atoms in total. The van der Waals surface area contributed by atoms with Crippen molar-refractivity contribution in [3.05, 3.63) is 69.2 Å². The van der Waals surface area contributed by atoms with Crippen LogP contribution in [0.25, 0.3) is 0 Å². The fourth-order valence-corrected chi connectivity index (χ4v) is 3.77. The average Bonchev–Trinajstić information content (AvgIpc) is 3.14. The lowest BCUT2D eigenvalue weighted by molar-refractivity contribution is -0.123. The molecule has 3 aromatic rings. The lowest BCUT2D eigenvalue weighted by atomic mass is 10.0. The monoisotopic (exact) mass is 458 g/mol. The Balaban J connectivity index is 2.25. The van der Waals surface area contributed by atoms with E-state index in [0.29, 0.717) is 15.6 Å². The molecule has 0 aliphatic heterocycles. The molecule has 31 heavy (non-hydrogen) atoms. The standard InChI is InChI=1S/C22H23ClN4O3S/c1-12(2)24-21(29)20(16-7-5-6-8-18(16)28)27(15-10-9-13(3)17(23)11-15)22(30)19-14(4)31-26-25-19/h5-12,20,28H,1-4H3,(H,24,29). The number of nitrogens with zero attached hydrogens (tertiary/aromatic N) is 3. The van der Waals surface area contributed by atoms with Gasteiger partial charge in [-0.1, -0.05) is 40.4 Å². The third-order valence-corrected chi connectivity index (χ3v) is 5.71. The molecule has 3 rings (SSSR count). The van der Waals surface area contributed by atoms with E-state index in [1.807, 2.05) is 20.8 Å². The van der Waals surface area contributed by atoms with Gasteiger partial charge in [-0.15, -0.1) is 5.10 Å². The number of benzene rings is 2. The number of para-hydroxylation sites is 1. The molecule has 2 N–H and O–H groups in total. The summed E-state index contributed by atoms with van der Waals surface area (Å²) < 4.78 is 3.86. The Labute approximate surface area is 189 Å². The van der Waals surface area contributed by atoms with Crippen LogP contribution in [0.1, 0.15) is 46.4 Å². The van der Waals surface area contributed by atoms with Gasteiger partial charge in [0.1, 0.15) is 11.8 Å². The average molecular weight is 459 g/mol. The summed E-state index contributed by atoms with van der Waals surface area (Å²) in [7, 11) is 0. The van der Waals surface area contributed by atoms with Crippen molar-refractivity contribution in [3.63, 3.8) is 0 Å². The van der Waals surface area contributed by atoms with Crippen LogP contribution in [-0.2, 0) is 4.79 Å². The third kappa shape index (κ3) is 4.86. The van der Waals surface area contributed by atoms with E-state index in [-0.39, 0.29) is 23.0 Å².